The van der Waals surface area contributed by atoms with Gasteiger partial charge in [-0.2, -0.15) is 0 Å². The molecule has 8 heteroatoms. The standard InChI is InChI=1S/C20H24Cl2N2O3S/c1-5-19(15-7-6-13(2)14(3)10-15)23-20(25)12-24(28(4,26)27)16-8-9-17(21)18(22)11-16/h6-11,19H,5,12H2,1-4H3,(H,23,25). The van der Waals surface area contributed by atoms with E-state index in [0.717, 1.165) is 21.7 Å². The van der Waals surface area contributed by atoms with Gasteiger partial charge in [-0.15, -0.1) is 0 Å². The van der Waals surface area contributed by atoms with E-state index < -0.39 is 15.9 Å². The van der Waals surface area contributed by atoms with Gasteiger partial charge in [0.15, 0.2) is 0 Å². The van der Waals surface area contributed by atoms with Crippen molar-refractivity contribution in [3.63, 3.8) is 0 Å². The maximum absolute atomic E-state index is 12.6. The van der Waals surface area contributed by atoms with Gasteiger partial charge in [0.1, 0.15) is 6.54 Å². The lowest BCUT2D eigenvalue weighted by molar-refractivity contribution is -0.120. The third kappa shape index (κ3) is 5.63. The van der Waals surface area contributed by atoms with Crippen LogP contribution in [-0.4, -0.2) is 27.1 Å². The number of rotatable bonds is 7. The molecule has 0 aliphatic carbocycles. The first-order chi connectivity index (χ1) is 13.0. The second-order valence-electron chi connectivity index (χ2n) is 6.74. The fraction of sp³-hybridized carbons (Fsp3) is 0.350. The highest BCUT2D eigenvalue weighted by molar-refractivity contribution is 7.92. The van der Waals surface area contributed by atoms with Crippen molar-refractivity contribution in [1.82, 2.24) is 5.32 Å². The van der Waals surface area contributed by atoms with Crippen LogP contribution in [0.25, 0.3) is 0 Å². The Morgan fingerprint density at radius 1 is 1.07 bits per heavy atom. The smallest absolute Gasteiger partial charge is 0.241 e. The minimum Gasteiger partial charge on any atom is -0.348 e. The van der Waals surface area contributed by atoms with Crippen molar-refractivity contribution in [3.05, 3.63) is 63.1 Å². The quantitative estimate of drug-likeness (QED) is 0.678. The van der Waals surface area contributed by atoms with E-state index in [4.69, 9.17) is 23.2 Å². The molecule has 0 aliphatic heterocycles. The van der Waals surface area contributed by atoms with Crippen molar-refractivity contribution in [2.45, 2.75) is 33.2 Å². The Morgan fingerprint density at radius 2 is 1.75 bits per heavy atom. The topological polar surface area (TPSA) is 66.5 Å². The molecule has 0 fully saturated rings. The van der Waals surface area contributed by atoms with Gasteiger partial charge in [-0.1, -0.05) is 48.3 Å². The highest BCUT2D eigenvalue weighted by atomic mass is 35.5. The number of amides is 1. The van der Waals surface area contributed by atoms with Crippen LogP contribution in [0.1, 0.15) is 36.1 Å². The van der Waals surface area contributed by atoms with Crippen molar-refractivity contribution in [2.75, 3.05) is 17.1 Å². The number of aryl methyl sites for hydroxylation is 2. The molecule has 0 bridgehead atoms. The lowest BCUT2D eigenvalue weighted by atomic mass is 9.99. The van der Waals surface area contributed by atoms with Gasteiger partial charge in [0, 0.05) is 0 Å². The summed E-state index contributed by atoms with van der Waals surface area (Å²) in [5.74, 6) is -0.401. The minimum atomic E-state index is -3.69. The van der Waals surface area contributed by atoms with Crippen LogP contribution < -0.4 is 9.62 Å². The van der Waals surface area contributed by atoms with Gasteiger partial charge in [0.05, 0.1) is 28.0 Å². The van der Waals surface area contributed by atoms with E-state index in [9.17, 15) is 13.2 Å². The van der Waals surface area contributed by atoms with Crippen LogP contribution in [0.5, 0.6) is 0 Å². The summed E-state index contributed by atoms with van der Waals surface area (Å²) in [5, 5.41) is 3.45. The van der Waals surface area contributed by atoms with Gasteiger partial charge in [-0.3, -0.25) is 9.10 Å². The number of sulfonamides is 1. The Labute approximate surface area is 176 Å². The first-order valence-corrected chi connectivity index (χ1v) is 11.4. The Morgan fingerprint density at radius 3 is 2.29 bits per heavy atom. The van der Waals surface area contributed by atoms with Crippen molar-refractivity contribution in [1.29, 1.82) is 0 Å². The number of carbonyl (C=O) groups excluding carboxylic acids is 1. The van der Waals surface area contributed by atoms with Crippen LogP contribution in [0.3, 0.4) is 0 Å². The lowest BCUT2D eigenvalue weighted by Gasteiger charge is -2.24. The molecule has 2 aromatic rings. The minimum absolute atomic E-state index is 0.206. The number of benzene rings is 2. The second kappa shape index (κ2) is 9.16. The normalized spacial score (nSPS) is 12.5. The van der Waals surface area contributed by atoms with Crippen molar-refractivity contribution in [2.24, 2.45) is 0 Å². The van der Waals surface area contributed by atoms with Gasteiger partial charge >= 0.3 is 0 Å². The number of nitrogens with one attached hydrogen (secondary N) is 1. The van der Waals surface area contributed by atoms with E-state index in [2.05, 4.69) is 5.32 Å². The molecule has 0 aromatic heterocycles. The van der Waals surface area contributed by atoms with Crippen molar-refractivity contribution >= 4 is 44.8 Å². The van der Waals surface area contributed by atoms with Gasteiger partial charge in [-0.25, -0.2) is 8.42 Å². The zero-order valence-electron chi connectivity index (χ0n) is 16.3. The van der Waals surface area contributed by atoms with Gasteiger partial charge in [0.25, 0.3) is 0 Å². The SMILES string of the molecule is CCC(NC(=O)CN(c1ccc(Cl)c(Cl)c1)S(C)(=O)=O)c1ccc(C)c(C)c1. The molecule has 0 spiro atoms. The molecule has 1 N–H and O–H groups in total. The van der Waals surface area contributed by atoms with Crippen molar-refractivity contribution in [3.8, 4) is 0 Å². The maximum Gasteiger partial charge on any atom is 0.241 e. The number of halogens is 2. The van der Waals surface area contributed by atoms with Crippen LogP contribution in [0.4, 0.5) is 5.69 Å². The number of anilines is 1. The molecular weight excluding hydrogens is 419 g/mol. The van der Waals surface area contributed by atoms with E-state index in [0.29, 0.717) is 11.4 Å². The molecule has 0 heterocycles. The van der Waals surface area contributed by atoms with Crippen LogP contribution in [0, 0.1) is 13.8 Å². The fourth-order valence-electron chi connectivity index (χ4n) is 2.81. The zero-order chi connectivity index (χ0) is 21.1. The third-order valence-corrected chi connectivity index (χ3v) is 6.44. The molecule has 5 nitrogen and oxygen atoms in total. The van der Waals surface area contributed by atoms with Gasteiger partial charge < -0.3 is 5.32 Å². The Hall–Kier alpha value is -1.76. The van der Waals surface area contributed by atoms with Gasteiger partial charge in [0.2, 0.25) is 15.9 Å². The summed E-state index contributed by atoms with van der Waals surface area (Å²) in [6.45, 7) is 5.66. The molecule has 152 valence electrons. The van der Waals surface area contributed by atoms with Crippen molar-refractivity contribution < 1.29 is 13.2 Å². The Kier molecular flexibility index (Phi) is 7.37. The first-order valence-electron chi connectivity index (χ1n) is 8.82. The number of carbonyl (C=O) groups is 1. The van der Waals surface area contributed by atoms with Gasteiger partial charge in [-0.05, 0) is 55.2 Å². The van der Waals surface area contributed by atoms with Crippen LogP contribution in [0.2, 0.25) is 10.0 Å². The molecular formula is C20H24Cl2N2O3S. The van der Waals surface area contributed by atoms with Crippen LogP contribution in [-0.2, 0) is 14.8 Å². The molecule has 1 unspecified atom stereocenters. The zero-order valence-corrected chi connectivity index (χ0v) is 18.6. The summed E-state index contributed by atoms with van der Waals surface area (Å²) in [7, 11) is -3.69. The van der Waals surface area contributed by atoms with Crippen LogP contribution in [0.15, 0.2) is 36.4 Å². The van der Waals surface area contributed by atoms with E-state index in [1.165, 1.54) is 23.8 Å². The molecule has 2 rings (SSSR count). The summed E-state index contributed by atoms with van der Waals surface area (Å²) in [6.07, 6.45) is 1.73. The van der Waals surface area contributed by atoms with E-state index >= 15 is 0 Å². The van der Waals surface area contributed by atoms with E-state index in [1.54, 1.807) is 0 Å². The summed E-state index contributed by atoms with van der Waals surface area (Å²) < 4.78 is 25.5. The largest absolute Gasteiger partial charge is 0.348 e. The monoisotopic (exact) mass is 442 g/mol. The van der Waals surface area contributed by atoms with Crippen LogP contribution >= 0.6 is 23.2 Å². The number of hydrogen-bond acceptors (Lipinski definition) is 3. The summed E-state index contributed by atoms with van der Waals surface area (Å²) in [4.78, 5) is 12.6. The highest BCUT2D eigenvalue weighted by Crippen LogP contribution is 2.28. The number of nitrogens with zero attached hydrogens (tertiary/aromatic N) is 1. The summed E-state index contributed by atoms with van der Waals surface area (Å²) >= 11 is 11.9. The van der Waals surface area contributed by atoms with E-state index in [-0.39, 0.29) is 23.3 Å². The van der Waals surface area contributed by atoms with E-state index in [1.807, 2.05) is 39.0 Å². The number of hydrogen-bond donors (Lipinski definition) is 1. The first kappa shape index (κ1) is 22.5. The highest BCUT2D eigenvalue weighted by Gasteiger charge is 2.23. The summed E-state index contributed by atoms with van der Waals surface area (Å²) in [6, 6.07) is 10.3. The Balaban J connectivity index is 2.22. The second-order valence-corrected chi connectivity index (χ2v) is 9.46. The summed E-state index contributed by atoms with van der Waals surface area (Å²) in [5.41, 5.74) is 3.58. The maximum atomic E-state index is 12.6. The molecule has 1 atom stereocenters. The third-order valence-electron chi connectivity index (χ3n) is 4.56. The molecule has 28 heavy (non-hydrogen) atoms. The molecule has 0 saturated carbocycles. The molecule has 0 saturated heterocycles. The predicted molar refractivity (Wildman–Crippen MR) is 116 cm³/mol. The average Bonchev–Trinajstić information content (AvgIpc) is 2.61. The molecule has 2 aromatic carbocycles. The fourth-order valence-corrected chi connectivity index (χ4v) is 3.95. The molecule has 1 amide bonds. The Bertz CT molecular complexity index is 977. The average molecular weight is 443 g/mol. The molecule has 0 radical (unpaired) electrons. The molecule has 0 aliphatic rings. The lowest BCUT2D eigenvalue weighted by Crippen LogP contribution is -2.41. The predicted octanol–water partition coefficient (Wildman–Crippen LogP) is 4.64.